The minimum atomic E-state index is -0.931. The molecule has 0 aromatic heterocycles. The van der Waals surface area contributed by atoms with Gasteiger partial charge in [-0.05, 0) is 19.4 Å². The summed E-state index contributed by atoms with van der Waals surface area (Å²) in [6, 6.07) is 1.22. The summed E-state index contributed by atoms with van der Waals surface area (Å²) in [6.07, 6.45) is 1.54. The molecule has 0 aromatic carbocycles. The summed E-state index contributed by atoms with van der Waals surface area (Å²) in [6.45, 7) is 10.3. The molecule has 0 amide bonds. The van der Waals surface area contributed by atoms with Gasteiger partial charge in [0.1, 0.15) is 5.78 Å². The van der Waals surface area contributed by atoms with E-state index in [0.717, 1.165) is 19.6 Å². The Labute approximate surface area is 88.8 Å². The van der Waals surface area contributed by atoms with Crippen molar-refractivity contribution in [1.29, 1.82) is 0 Å². The average molecular weight is 219 g/mol. The summed E-state index contributed by atoms with van der Waals surface area (Å²) in [5, 5.41) is 0. The molecule has 0 unspecified atom stereocenters. The van der Waals surface area contributed by atoms with Gasteiger partial charge in [-0.3, -0.25) is 0 Å². The molecule has 0 bridgehead atoms. The van der Waals surface area contributed by atoms with Gasteiger partial charge in [0.25, 0.3) is 0 Å². The first-order chi connectivity index (χ1) is 5.92. The van der Waals surface area contributed by atoms with Crippen molar-refractivity contribution in [3.63, 3.8) is 0 Å². The Morgan fingerprint density at radius 2 is 1.79 bits per heavy atom. The molecule has 0 heterocycles. The van der Waals surface area contributed by atoms with Crippen molar-refractivity contribution in [2.45, 2.75) is 45.5 Å². The molecule has 0 fully saturated rings. The maximum absolute atomic E-state index is 10.6. The Morgan fingerprint density at radius 1 is 1.21 bits per heavy atom. The molecule has 3 nitrogen and oxygen atoms in total. The zero-order chi connectivity index (χ0) is 10.3. The lowest BCUT2D eigenvalue weighted by atomic mass is 10.2. The van der Waals surface area contributed by atoms with Crippen LogP contribution < -0.4 is 6.15 Å². The molecule has 14 heavy (non-hydrogen) atoms. The summed E-state index contributed by atoms with van der Waals surface area (Å²) in [4.78, 5) is 10.6. The summed E-state index contributed by atoms with van der Waals surface area (Å²) < 4.78 is 5.44. The number of Topliss-reactive ketones (excluding diaryl/α,β-unsaturated/α-hetero) is 1. The quantitative estimate of drug-likeness (QED) is 0.529. The van der Waals surface area contributed by atoms with Crippen LogP contribution in [0.1, 0.15) is 19.8 Å². The second-order valence-electron chi connectivity index (χ2n) is 4.73. The molecule has 0 saturated heterocycles. The van der Waals surface area contributed by atoms with E-state index in [2.05, 4.69) is 19.6 Å². The number of carbonyl (C=O) groups excluding carboxylic acids is 1. The first-order valence-electron chi connectivity index (χ1n) is 4.99. The fourth-order valence-electron chi connectivity index (χ4n) is 0.904. The van der Waals surface area contributed by atoms with Crippen LogP contribution >= 0.6 is 0 Å². The van der Waals surface area contributed by atoms with Gasteiger partial charge in [-0.1, -0.05) is 19.6 Å². The van der Waals surface area contributed by atoms with Crippen molar-refractivity contribution in [3.05, 3.63) is 0 Å². The number of hydrogen-bond acceptors (Lipinski definition) is 3. The van der Waals surface area contributed by atoms with Gasteiger partial charge in [0.15, 0.2) is 0 Å². The fraction of sp³-hybridized carbons (Fsp3) is 0.900. The highest BCUT2D eigenvalue weighted by Gasteiger charge is 2.11. The smallest absolute Gasteiger partial charge is 0.129 e. The maximum atomic E-state index is 10.6. The first-order valence-corrected chi connectivity index (χ1v) is 8.70. The monoisotopic (exact) mass is 219 g/mol. The zero-order valence-corrected chi connectivity index (χ0v) is 11.1. The molecule has 0 aromatic rings. The first kappa shape index (κ1) is 16.2. The van der Waals surface area contributed by atoms with Gasteiger partial charge in [-0.2, -0.15) is 0 Å². The predicted octanol–water partition coefficient (Wildman–Crippen LogP) is 2.87. The van der Waals surface area contributed by atoms with Crippen LogP contribution in [-0.4, -0.2) is 27.1 Å². The van der Waals surface area contributed by atoms with E-state index >= 15 is 0 Å². The lowest BCUT2D eigenvalue weighted by Crippen LogP contribution is -2.21. The van der Waals surface area contributed by atoms with Crippen LogP contribution in [0, 0.1) is 0 Å². The topological polar surface area (TPSA) is 61.3 Å². The molecule has 0 rings (SSSR count). The number of hydrogen-bond donors (Lipinski definition) is 1. The lowest BCUT2D eigenvalue weighted by molar-refractivity contribution is -0.117. The van der Waals surface area contributed by atoms with Crippen LogP contribution in [0.4, 0.5) is 0 Å². The number of ketones is 1. The molecule has 0 aliphatic rings. The summed E-state index contributed by atoms with van der Waals surface area (Å²) in [5.41, 5.74) is 0. The minimum absolute atomic E-state index is 0. The third kappa shape index (κ3) is 14.3. The molecule has 3 N–H and O–H groups in total. The highest BCUT2D eigenvalue weighted by molar-refractivity contribution is 6.76. The van der Waals surface area contributed by atoms with E-state index in [-0.39, 0.29) is 11.9 Å². The molecule has 0 aliphatic heterocycles. The number of ether oxygens (including phenoxy) is 1. The second-order valence-corrected chi connectivity index (χ2v) is 10.3. The van der Waals surface area contributed by atoms with Gasteiger partial charge >= 0.3 is 0 Å². The molecule has 4 heteroatoms. The van der Waals surface area contributed by atoms with E-state index < -0.39 is 8.07 Å². The predicted molar refractivity (Wildman–Crippen MR) is 63.9 cm³/mol. The molecule has 0 aliphatic carbocycles. The molecular formula is C10H25NO2Si. The van der Waals surface area contributed by atoms with E-state index in [1.807, 2.05) is 0 Å². The zero-order valence-electron chi connectivity index (χ0n) is 10.1. The Balaban J connectivity index is 0. The van der Waals surface area contributed by atoms with Crippen LogP contribution in [0.15, 0.2) is 0 Å². The van der Waals surface area contributed by atoms with Crippen LogP contribution in [0.25, 0.3) is 0 Å². The molecule has 0 spiro atoms. The third-order valence-electron chi connectivity index (χ3n) is 1.81. The van der Waals surface area contributed by atoms with E-state index in [1.54, 1.807) is 6.92 Å². The molecule has 0 atom stereocenters. The average Bonchev–Trinajstić information content (AvgIpc) is 1.93. The molecule has 86 valence electrons. The fourth-order valence-corrected chi connectivity index (χ4v) is 1.66. The van der Waals surface area contributed by atoms with Crippen molar-refractivity contribution in [2.24, 2.45) is 0 Å². The Morgan fingerprint density at radius 3 is 2.21 bits per heavy atom. The van der Waals surface area contributed by atoms with Gasteiger partial charge in [0.2, 0.25) is 0 Å². The van der Waals surface area contributed by atoms with Crippen LogP contribution in [-0.2, 0) is 9.53 Å². The molecule has 0 saturated carbocycles. The Hall–Kier alpha value is -0.193. The van der Waals surface area contributed by atoms with Crippen LogP contribution in [0.2, 0.25) is 25.7 Å². The molecular weight excluding hydrogens is 194 g/mol. The van der Waals surface area contributed by atoms with Crippen LogP contribution in [0.5, 0.6) is 0 Å². The van der Waals surface area contributed by atoms with Crippen molar-refractivity contribution in [1.82, 2.24) is 6.15 Å². The Bertz CT molecular complexity index is 155. The summed E-state index contributed by atoms with van der Waals surface area (Å²) in [7, 11) is -0.931. The van der Waals surface area contributed by atoms with E-state index in [0.29, 0.717) is 6.42 Å². The Kier molecular flexibility index (Phi) is 9.45. The summed E-state index contributed by atoms with van der Waals surface area (Å²) in [5.74, 6) is 0.258. The van der Waals surface area contributed by atoms with Gasteiger partial charge in [-0.15, -0.1) is 0 Å². The van der Waals surface area contributed by atoms with Gasteiger partial charge in [0, 0.05) is 27.7 Å². The number of rotatable bonds is 7. The number of carbonyl (C=O) groups is 1. The van der Waals surface area contributed by atoms with E-state index in [1.165, 1.54) is 6.04 Å². The third-order valence-corrected chi connectivity index (χ3v) is 3.52. The van der Waals surface area contributed by atoms with E-state index in [9.17, 15) is 4.79 Å². The maximum Gasteiger partial charge on any atom is 0.129 e. The van der Waals surface area contributed by atoms with Gasteiger partial charge in [-0.25, -0.2) is 0 Å². The van der Waals surface area contributed by atoms with Gasteiger partial charge in [0.05, 0.1) is 0 Å². The molecule has 0 radical (unpaired) electrons. The highest BCUT2D eigenvalue weighted by atomic mass is 28.3. The standard InChI is InChI=1S/C10H22O2Si.H3N/c1-10(11)6-5-7-12-8-9-13(2,3)4;/h5-9H2,1-4H3;1H3. The SMILES string of the molecule is CC(=O)CCCOCC[Si](C)(C)C.N. The van der Waals surface area contributed by atoms with Crippen molar-refractivity contribution >= 4 is 13.9 Å². The van der Waals surface area contributed by atoms with E-state index in [4.69, 9.17) is 4.74 Å². The van der Waals surface area contributed by atoms with Crippen LogP contribution in [0.3, 0.4) is 0 Å². The lowest BCUT2D eigenvalue weighted by Gasteiger charge is -2.15. The van der Waals surface area contributed by atoms with Gasteiger partial charge < -0.3 is 15.7 Å². The van der Waals surface area contributed by atoms with Crippen molar-refractivity contribution in [2.75, 3.05) is 13.2 Å². The second kappa shape index (κ2) is 8.14. The largest absolute Gasteiger partial charge is 0.382 e. The summed E-state index contributed by atoms with van der Waals surface area (Å²) >= 11 is 0. The minimum Gasteiger partial charge on any atom is -0.382 e. The normalized spacial score (nSPS) is 10.9. The van der Waals surface area contributed by atoms with Crippen molar-refractivity contribution < 1.29 is 9.53 Å². The van der Waals surface area contributed by atoms with Crippen molar-refractivity contribution in [3.8, 4) is 0 Å². The highest BCUT2D eigenvalue weighted by Crippen LogP contribution is 2.07.